The van der Waals surface area contributed by atoms with Crippen molar-refractivity contribution in [2.24, 2.45) is 11.8 Å². The van der Waals surface area contributed by atoms with Gasteiger partial charge in [-0.2, -0.15) is 0 Å². The van der Waals surface area contributed by atoms with E-state index in [0.29, 0.717) is 11.4 Å². The molecule has 1 heterocycles. The summed E-state index contributed by atoms with van der Waals surface area (Å²) in [6, 6.07) is 2.94. The topological polar surface area (TPSA) is 30.7 Å². The lowest BCUT2D eigenvalue weighted by Crippen LogP contribution is -2.10. The van der Waals surface area contributed by atoms with Gasteiger partial charge in [-0.15, -0.1) is 5.10 Å². The first kappa shape index (κ1) is 11.0. The van der Waals surface area contributed by atoms with Gasteiger partial charge in [0.15, 0.2) is 0 Å². The van der Waals surface area contributed by atoms with E-state index in [0.717, 1.165) is 18.0 Å². The molecule has 3 rings (SSSR count). The monoisotopic (exact) mass is 253 g/mol. The van der Waals surface area contributed by atoms with Gasteiger partial charge in [0, 0.05) is 12.6 Å². The second kappa shape index (κ2) is 3.95. The fourth-order valence-electron chi connectivity index (χ4n) is 2.18. The van der Waals surface area contributed by atoms with E-state index in [1.807, 2.05) is 4.68 Å². The van der Waals surface area contributed by atoms with E-state index in [-0.39, 0.29) is 5.02 Å². The fourth-order valence-corrected chi connectivity index (χ4v) is 2.34. The molecule has 1 saturated carbocycles. The molecule has 5 heteroatoms. The van der Waals surface area contributed by atoms with E-state index in [1.165, 1.54) is 18.9 Å². The predicted octanol–water partition coefficient (Wildman–Crippen LogP) is 3.27. The van der Waals surface area contributed by atoms with Gasteiger partial charge in [-0.3, -0.25) is 0 Å². The highest BCUT2D eigenvalue weighted by Crippen LogP contribution is 2.37. The molecule has 0 radical (unpaired) electrons. The van der Waals surface area contributed by atoms with Crippen LogP contribution in [0.4, 0.5) is 4.39 Å². The van der Waals surface area contributed by atoms with E-state index >= 15 is 0 Å². The van der Waals surface area contributed by atoms with Crippen molar-refractivity contribution in [1.29, 1.82) is 0 Å². The minimum atomic E-state index is -0.443. The first-order chi connectivity index (χ1) is 8.15. The maximum absolute atomic E-state index is 13.2. The molecule has 2 aromatic rings. The van der Waals surface area contributed by atoms with Crippen molar-refractivity contribution in [3.05, 3.63) is 23.0 Å². The number of benzene rings is 1. The van der Waals surface area contributed by atoms with Gasteiger partial charge in [-0.25, -0.2) is 9.07 Å². The molecule has 1 aromatic carbocycles. The van der Waals surface area contributed by atoms with Gasteiger partial charge in [0.1, 0.15) is 11.3 Å². The van der Waals surface area contributed by atoms with Crippen molar-refractivity contribution >= 4 is 22.6 Å². The van der Waals surface area contributed by atoms with Crippen molar-refractivity contribution in [2.75, 3.05) is 0 Å². The number of nitrogens with zero attached hydrogens (tertiary/aromatic N) is 3. The Balaban J connectivity index is 1.96. The molecule has 0 bridgehead atoms. The maximum Gasteiger partial charge on any atom is 0.144 e. The Bertz CT molecular complexity index is 562. The molecule has 0 aliphatic heterocycles. The summed E-state index contributed by atoms with van der Waals surface area (Å²) < 4.78 is 15.1. The third kappa shape index (κ3) is 2.02. The second-order valence-corrected chi connectivity index (χ2v) is 5.25. The average molecular weight is 254 g/mol. The molecular weight excluding hydrogens is 241 g/mol. The third-order valence-electron chi connectivity index (χ3n) is 3.44. The SMILES string of the molecule is CC(Cn1nnc2cc(F)c(Cl)cc21)C1CC1. The van der Waals surface area contributed by atoms with Crippen molar-refractivity contribution in [1.82, 2.24) is 15.0 Å². The van der Waals surface area contributed by atoms with E-state index in [2.05, 4.69) is 17.2 Å². The second-order valence-electron chi connectivity index (χ2n) is 4.84. The van der Waals surface area contributed by atoms with E-state index in [1.54, 1.807) is 6.07 Å². The molecule has 0 N–H and O–H groups in total. The van der Waals surface area contributed by atoms with Crippen LogP contribution in [-0.4, -0.2) is 15.0 Å². The van der Waals surface area contributed by atoms with Crippen LogP contribution in [-0.2, 0) is 6.54 Å². The lowest BCUT2D eigenvalue weighted by atomic mass is 10.1. The molecule has 3 nitrogen and oxygen atoms in total. The van der Waals surface area contributed by atoms with Crippen molar-refractivity contribution < 1.29 is 4.39 Å². The van der Waals surface area contributed by atoms with Gasteiger partial charge in [0.05, 0.1) is 10.5 Å². The molecule has 0 amide bonds. The Kier molecular flexibility index (Phi) is 2.54. The van der Waals surface area contributed by atoms with Gasteiger partial charge in [0.2, 0.25) is 0 Å². The summed E-state index contributed by atoms with van der Waals surface area (Å²) in [5.41, 5.74) is 1.37. The van der Waals surface area contributed by atoms with E-state index in [4.69, 9.17) is 11.6 Å². The van der Waals surface area contributed by atoms with Crippen LogP contribution in [0.25, 0.3) is 11.0 Å². The van der Waals surface area contributed by atoms with Crippen LogP contribution < -0.4 is 0 Å². The van der Waals surface area contributed by atoms with Crippen molar-refractivity contribution in [3.8, 4) is 0 Å². The van der Waals surface area contributed by atoms with Crippen LogP contribution in [0.3, 0.4) is 0 Å². The van der Waals surface area contributed by atoms with E-state index < -0.39 is 5.82 Å². The normalized spacial score (nSPS) is 17.6. The molecule has 1 aromatic heterocycles. The molecular formula is C12H13ClFN3. The summed E-state index contributed by atoms with van der Waals surface area (Å²) in [6.45, 7) is 3.04. The van der Waals surface area contributed by atoms with Crippen LogP contribution in [0.5, 0.6) is 0 Å². The molecule has 17 heavy (non-hydrogen) atoms. The lowest BCUT2D eigenvalue weighted by molar-refractivity contribution is 0.407. The van der Waals surface area contributed by atoms with Crippen LogP contribution >= 0.6 is 11.6 Å². The average Bonchev–Trinajstić information content (AvgIpc) is 3.07. The highest BCUT2D eigenvalue weighted by atomic mass is 35.5. The van der Waals surface area contributed by atoms with Crippen LogP contribution in [0.2, 0.25) is 5.02 Å². The predicted molar refractivity (Wildman–Crippen MR) is 64.4 cm³/mol. The first-order valence-electron chi connectivity index (χ1n) is 5.83. The van der Waals surface area contributed by atoms with Crippen LogP contribution in [0, 0.1) is 17.7 Å². The Morgan fingerprint density at radius 2 is 2.29 bits per heavy atom. The van der Waals surface area contributed by atoms with Gasteiger partial charge in [-0.05, 0) is 30.7 Å². The fraction of sp³-hybridized carbons (Fsp3) is 0.500. The Labute approximate surface area is 104 Å². The molecule has 0 saturated heterocycles. The standard InChI is InChI=1S/C12H13ClFN3/c1-7(8-2-3-8)6-17-12-4-9(13)10(14)5-11(12)15-16-17/h4-5,7-8H,2-3,6H2,1H3. The molecule has 1 unspecified atom stereocenters. The van der Waals surface area contributed by atoms with Crippen molar-refractivity contribution in [3.63, 3.8) is 0 Å². The van der Waals surface area contributed by atoms with Gasteiger partial charge in [-0.1, -0.05) is 23.7 Å². The molecule has 1 aliphatic rings. The number of hydrogen-bond donors (Lipinski definition) is 0. The number of rotatable bonds is 3. The first-order valence-corrected chi connectivity index (χ1v) is 6.21. The summed E-state index contributed by atoms with van der Waals surface area (Å²) in [6.07, 6.45) is 2.62. The number of halogens is 2. The molecule has 0 spiro atoms. The largest absolute Gasteiger partial charge is 0.244 e. The number of fused-ring (bicyclic) bond motifs is 1. The molecule has 1 fully saturated rings. The van der Waals surface area contributed by atoms with Crippen LogP contribution in [0.15, 0.2) is 12.1 Å². The zero-order valence-electron chi connectivity index (χ0n) is 9.53. The minimum absolute atomic E-state index is 0.125. The Morgan fingerprint density at radius 3 is 3.00 bits per heavy atom. The van der Waals surface area contributed by atoms with Crippen molar-refractivity contribution in [2.45, 2.75) is 26.3 Å². The number of hydrogen-bond acceptors (Lipinski definition) is 2. The zero-order valence-corrected chi connectivity index (χ0v) is 10.3. The lowest BCUT2D eigenvalue weighted by Gasteiger charge is -2.09. The minimum Gasteiger partial charge on any atom is -0.244 e. The summed E-state index contributed by atoms with van der Waals surface area (Å²) in [7, 11) is 0. The quantitative estimate of drug-likeness (QED) is 0.841. The van der Waals surface area contributed by atoms with E-state index in [9.17, 15) is 4.39 Å². The van der Waals surface area contributed by atoms with Crippen LogP contribution in [0.1, 0.15) is 19.8 Å². The smallest absolute Gasteiger partial charge is 0.144 e. The summed E-state index contributed by atoms with van der Waals surface area (Å²) in [5, 5.41) is 8.16. The van der Waals surface area contributed by atoms with Gasteiger partial charge >= 0.3 is 0 Å². The highest BCUT2D eigenvalue weighted by molar-refractivity contribution is 6.31. The zero-order chi connectivity index (χ0) is 12.0. The highest BCUT2D eigenvalue weighted by Gasteiger charge is 2.28. The summed E-state index contributed by atoms with van der Waals surface area (Å²) >= 11 is 5.78. The van der Waals surface area contributed by atoms with Gasteiger partial charge < -0.3 is 0 Å². The summed E-state index contributed by atoms with van der Waals surface area (Å²) in [4.78, 5) is 0. The third-order valence-corrected chi connectivity index (χ3v) is 3.73. The van der Waals surface area contributed by atoms with Gasteiger partial charge in [0.25, 0.3) is 0 Å². The molecule has 1 aliphatic carbocycles. The Hall–Kier alpha value is -1.16. The Morgan fingerprint density at radius 1 is 1.53 bits per heavy atom. The molecule has 90 valence electrons. The summed E-state index contributed by atoms with van der Waals surface area (Å²) in [5.74, 6) is 0.954. The number of aromatic nitrogens is 3. The molecule has 1 atom stereocenters. The maximum atomic E-state index is 13.2.